The lowest BCUT2D eigenvalue weighted by Crippen LogP contribution is -2.39. The largest absolute Gasteiger partial charge is 0.481 e. The van der Waals surface area contributed by atoms with Gasteiger partial charge in [0.15, 0.2) is 0 Å². The Morgan fingerprint density at radius 1 is 1.40 bits per heavy atom. The summed E-state index contributed by atoms with van der Waals surface area (Å²) < 4.78 is 5.76. The fraction of sp³-hybridized carbons (Fsp3) is 0.500. The van der Waals surface area contributed by atoms with E-state index in [-0.39, 0.29) is 12.5 Å². The zero-order valence-corrected chi connectivity index (χ0v) is 12.5. The van der Waals surface area contributed by atoms with Crippen LogP contribution in [-0.4, -0.2) is 42.2 Å². The number of hydrogen-bond acceptors (Lipinski definition) is 3. The summed E-state index contributed by atoms with van der Waals surface area (Å²) >= 11 is 11.9. The molecule has 110 valence electrons. The van der Waals surface area contributed by atoms with Gasteiger partial charge in [-0.25, -0.2) is 0 Å². The van der Waals surface area contributed by atoms with E-state index in [0.29, 0.717) is 23.1 Å². The van der Waals surface area contributed by atoms with E-state index in [9.17, 15) is 4.79 Å². The normalized spacial score (nSPS) is 20.0. The first-order valence-electron chi connectivity index (χ1n) is 6.57. The highest BCUT2D eigenvalue weighted by Gasteiger charge is 2.22. The number of carbonyl (C=O) groups is 1. The summed E-state index contributed by atoms with van der Waals surface area (Å²) in [5.41, 5.74) is 1.00. The molecule has 0 bridgehead atoms. The van der Waals surface area contributed by atoms with Crippen LogP contribution in [0.3, 0.4) is 0 Å². The molecule has 0 amide bonds. The van der Waals surface area contributed by atoms with Gasteiger partial charge in [0.1, 0.15) is 0 Å². The van der Waals surface area contributed by atoms with Gasteiger partial charge in [-0.05, 0) is 30.7 Å². The monoisotopic (exact) mass is 317 g/mol. The zero-order valence-electron chi connectivity index (χ0n) is 11.0. The summed E-state index contributed by atoms with van der Waals surface area (Å²) in [6, 6.07) is 5.51. The topological polar surface area (TPSA) is 49.8 Å². The van der Waals surface area contributed by atoms with Crippen LogP contribution in [0.2, 0.25) is 10.0 Å². The van der Waals surface area contributed by atoms with Gasteiger partial charge in [0.05, 0.1) is 22.8 Å². The smallest absolute Gasteiger partial charge is 0.303 e. The van der Waals surface area contributed by atoms with Gasteiger partial charge in [0.25, 0.3) is 0 Å². The fourth-order valence-electron chi connectivity index (χ4n) is 2.27. The lowest BCUT2D eigenvalue weighted by Gasteiger charge is -2.33. The van der Waals surface area contributed by atoms with Crippen molar-refractivity contribution < 1.29 is 14.6 Å². The number of hydrogen-bond donors (Lipinski definition) is 1. The van der Waals surface area contributed by atoms with Crippen molar-refractivity contribution in [1.29, 1.82) is 0 Å². The van der Waals surface area contributed by atoms with Gasteiger partial charge < -0.3 is 9.84 Å². The molecule has 0 aliphatic carbocycles. The molecule has 1 N–H and O–H groups in total. The lowest BCUT2D eigenvalue weighted by atomic mass is 10.1. The summed E-state index contributed by atoms with van der Waals surface area (Å²) in [7, 11) is 0. The Morgan fingerprint density at radius 3 is 2.90 bits per heavy atom. The molecule has 6 heteroatoms. The number of benzene rings is 1. The standard InChI is InChI=1S/C14H17Cl2NO3/c15-11-4-3-10(8-12(11)16)13-9-17(6-7-20-13)5-1-2-14(18)19/h3-4,8,13H,1-2,5-7,9H2,(H,18,19)/t13-/m1/s1. The second-order valence-corrected chi connectivity index (χ2v) is 5.65. The highest BCUT2D eigenvalue weighted by atomic mass is 35.5. The molecule has 1 aliphatic heterocycles. The minimum Gasteiger partial charge on any atom is -0.481 e. The third kappa shape index (κ3) is 4.35. The van der Waals surface area contributed by atoms with Crippen LogP contribution < -0.4 is 0 Å². The van der Waals surface area contributed by atoms with E-state index in [4.69, 9.17) is 33.0 Å². The molecule has 0 spiro atoms. The number of morpholine rings is 1. The Kier molecular flexibility index (Phi) is 5.66. The molecule has 0 saturated carbocycles. The maximum absolute atomic E-state index is 10.5. The average molecular weight is 318 g/mol. The van der Waals surface area contributed by atoms with Gasteiger partial charge in [-0.1, -0.05) is 29.3 Å². The summed E-state index contributed by atoms with van der Waals surface area (Å²) in [5, 5.41) is 9.71. The van der Waals surface area contributed by atoms with E-state index in [0.717, 1.165) is 25.2 Å². The Labute approximate surface area is 128 Å². The SMILES string of the molecule is O=C(O)CCCN1CCO[C@@H](c2ccc(Cl)c(Cl)c2)C1. The predicted octanol–water partition coefficient (Wildman–Crippen LogP) is 3.23. The van der Waals surface area contributed by atoms with Crippen molar-refractivity contribution >= 4 is 29.2 Å². The van der Waals surface area contributed by atoms with Crippen LogP contribution in [-0.2, 0) is 9.53 Å². The van der Waals surface area contributed by atoms with E-state index >= 15 is 0 Å². The molecular formula is C14H17Cl2NO3. The predicted molar refractivity (Wildman–Crippen MR) is 78.5 cm³/mol. The first-order chi connectivity index (χ1) is 9.56. The number of carboxylic acids is 1. The van der Waals surface area contributed by atoms with Gasteiger partial charge in [0.2, 0.25) is 0 Å². The van der Waals surface area contributed by atoms with Crippen LogP contribution >= 0.6 is 23.2 Å². The molecule has 1 saturated heterocycles. The minimum atomic E-state index is -0.751. The zero-order chi connectivity index (χ0) is 14.5. The second kappa shape index (κ2) is 7.27. The van der Waals surface area contributed by atoms with Crippen molar-refractivity contribution in [2.24, 2.45) is 0 Å². The highest BCUT2D eigenvalue weighted by molar-refractivity contribution is 6.42. The minimum absolute atomic E-state index is 0.0386. The number of carboxylic acid groups (broad SMARTS) is 1. The average Bonchev–Trinajstić information content (AvgIpc) is 2.42. The van der Waals surface area contributed by atoms with Gasteiger partial charge in [-0.3, -0.25) is 9.69 Å². The molecule has 1 fully saturated rings. The third-order valence-corrected chi connectivity index (χ3v) is 4.07. The van der Waals surface area contributed by atoms with Crippen molar-refractivity contribution in [3.8, 4) is 0 Å². The molecule has 1 aromatic rings. The number of aliphatic carboxylic acids is 1. The van der Waals surface area contributed by atoms with Crippen LogP contribution in [0.5, 0.6) is 0 Å². The van der Waals surface area contributed by atoms with E-state index in [1.54, 1.807) is 6.07 Å². The molecule has 1 aromatic carbocycles. The summed E-state index contributed by atoms with van der Waals surface area (Å²) in [6.45, 7) is 2.99. The first kappa shape index (κ1) is 15.6. The van der Waals surface area contributed by atoms with Crippen LogP contribution in [0, 0.1) is 0 Å². The van der Waals surface area contributed by atoms with Crippen LogP contribution in [0.4, 0.5) is 0 Å². The van der Waals surface area contributed by atoms with E-state index < -0.39 is 5.97 Å². The molecule has 1 heterocycles. The van der Waals surface area contributed by atoms with Gasteiger partial charge in [0, 0.05) is 19.5 Å². The Morgan fingerprint density at radius 2 is 2.20 bits per heavy atom. The number of nitrogens with zero attached hydrogens (tertiary/aromatic N) is 1. The van der Waals surface area contributed by atoms with Crippen molar-refractivity contribution in [2.45, 2.75) is 18.9 Å². The molecule has 20 heavy (non-hydrogen) atoms. The van der Waals surface area contributed by atoms with Crippen molar-refractivity contribution in [3.63, 3.8) is 0 Å². The molecule has 0 aromatic heterocycles. The Hall–Kier alpha value is -0.810. The summed E-state index contributed by atoms with van der Waals surface area (Å²) in [5.74, 6) is -0.751. The van der Waals surface area contributed by atoms with E-state index in [1.807, 2.05) is 12.1 Å². The number of ether oxygens (including phenoxy) is 1. The van der Waals surface area contributed by atoms with Gasteiger partial charge >= 0.3 is 5.97 Å². The maximum atomic E-state index is 10.5. The van der Waals surface area contributed by atoms with Crippen LogP contribution in [0.1, 0.15) is 24.5 Å². The summed E-state index contributed by atoms with van der Waals surface area (Å²) in [6.07, 6.45) is 0.821. The maximum Gasteiger partial charge on any atom is 0.303 e. The van der Waals surface area contributed by atoms with Crippen LogP contribution in [0.25, 0.3) is 0 Å². The Balaban J connectivity index is 1.92. The van der Waals surface area contributed by atoms with Crippen molar-refractivity contribution in [1.82, 2.24) is 4.90 Å². The van der Waals surface area contributed by atoms with Gasteiger partial charge in [-0.15, -0.1) is 0 Å². The van der Waals surface area contributed by atoms with Crippen molar-refractivity contribution in [2.75, 3.05) is 26.2 Å². The van der Waals surface area contributed by atoms with Crippen molar-refractivity contribution in [3.05, 3.63) is 33.8 Å². The van der Waals surface area contributed by atoms with Crippen LogP contribution in [0.15, 0.2) is 18.2 Å². The molecule has 0 unspecified atom stereocenters. The van der Waals surface area contributed by atoms with Gasteiger partial charge in [-0.2, -0.15) is 0 Å². The second-order valence-electron chi connectivity index (χ2n) is 4.83. The van der Waals surface area contributed by atoms with E-state index in [2.05, 4.69) is 4.90 Å². The third-order valence-electron chi connectivity index (χ3n) is 3.33. The molecule has 0 radical (unpaired) electrons. The lowest BCUT2D eigenvalue weighted by molar-refractivity contribution is -0.137. The fourth-order valence-corrected chi connectivity index (χ4v) is 2.58. The molecular weight excluding hydrogens is 301 g/mol. The highest BCUT2D eigenvalue weighted by Crippen LogP contribution is 2.29. The molecule has 1 atom stereocenters. The number of rotatable bonds is 5. The number of halogens is 2. The van der Waals surface area contributed by atoms with E-state index in [1.165, 1.54) is 0 Å². The molecule has 4 nitrogen and oxygen atoms in total. The molecule has 2 rings (SSSR count). The quantitative estimate of drug-likeness (QED) is 0.905. The molecule has 1 aliphatic rings. The first-order valence-corrected chi connectivity index (χ1v) is 7.32. The summed E-state index contributed by atoms with van der Waals surface area (Å²) in [4.78, 5) is 12.7. The Bertz CT molecular complexity index is 481.